The van der Waals surface area contributed by atoms with Crippen molar-refractivity contribution in [1.82, 2.24) is 5.32 Å². The van der Waals surface area contributed by atoms with E-state index in [9.17, 15) is 28.7 Å². The number of carbonyl (C=O) groups excluding carboxylic acids is 6. The largest absolute Gasteiger partial charge is 0.455 e. The number of fused-ring (bicyclic) bond motifs is 5. The van der Waals surface area contributed by atoms with E-state index in [-0.39, 0.29) is 55.1 Å². The molecule has 370 valence electrons. The zero-order valence-electron chi connectivity index (χ0n) is 39.7. The molecule has 69 heavy (non-hydrogen) atoms. The average Bonchev–Trinajstić information content (AvgIpc) is 3.32. The number of hydrogen-bond donors (Lipinski definition) is 3. The Morgan fingerprint density at radius 3 is 2.14 bits per heavy atom. The standard InChI is InChI=1S/C52H60FNO14S/c1-8-38(56)66-42(40(31-16-12-10-13-17-31)54-46(58)32-18-14-11-15-19-32)48(60)65-35-27-52(61)45(67-47(59)33-20-22-34(53)23-21-33)43-50(7,44(57)41(62-9-2)39(29(35)3)49(52,5)6)36(63-24-25-69)26-37-51(43,28-64-37)68-30(4)55/h10-23,35-37,40-43,45,61,69H,8-9,24-28H2,1-7H3,(H,54,58)/t35-,36-,37+,40-,41+,42+,43?,45-,50+,51-,52+/m0/s1. The Bertz CT molecular complexity index is 2450. The van der Waals surface area contributed by atoms with Crippen LogP contribution in [0.3, 0.4) is 0 Å². The average molecular weight is 974 g/mol. The van der Waals surface area contributed by atoms with Crippen molar-refractivity contribution in [3.8, 4) is 0 Å². The maximum Gasteiger partial charge on any atom is 0.350 e. The molecule has 2 N–H and O–H groups in total. The molecule has 2 saturated carbocycles. The van der Waals surface area contributed by atoms with Gasteiger partial charge in [0.2, 0.25) is 6.10 Å². The van der Waals surface area contributed by atoms with Crippen molar-refractivity contribution in [2.24, 2.45) is 16.7 Å². The predicted octanol–water partition coefficient (Wildman–Crippen LogP) is 6.26. The number of rotatable bonds is 16. The molecule has 1 amide bonds. The van der Waals surface area contributed by atoms with Gasteiger partial charge < -0.3 is 43.6 Å². The van der Waals surface area contributed by atoms with E-state index in [1.54, 1.807) is 95.3 Å². The third kappa shape index (κ3) is 9.35. The van der Waals surface area contributed by atoms with Crippen molar-refractivity contribution in [2.45, 2.75) is 122 Å². The molecule has 0 spiro atoms. The predicted molar refractivity (Wildman–Crippen MR) is 249 cm³/mol. The van der Waals surface area contributed by atoms with Crippen LogP contribution in [-0.2, 0) is 52.3 Å². The number of ether oxygens (including phenoxy) is 7. The normalized spacial score (nSPS) is 29.9. The van der Waals surface area contributed by atoms with E-state index in [1.807, 2.05) is 0 Å². The van der Waals surface area contributed by atoms with Crippen LogP contribution in [0.4, 0.5) is 4.39 Å². The monoisotopic (exact) mass is 973 g/mol. The van der Waals surface area contributed by atoms with Gasteiger partial charge in [-0.15, -0.1) is 0 Å². The lowest BCUT2D eigenvalue weighted by atomic mass is 9.44. The lowest BCUT2D eigenvalue weighted by molar-refractivity contribution is -0.348. The van der Waals surface area contributed by atoms with Gasteiger partial charge in [0.25, 0.3) is 5.91 Å². The Balaban J connectivity index is 1.43. The summed E-state index contributed by atoms with van der Waals surface area (Å²) in [7, 11) is 0. The van der Waals surface area contributed by atoms with Gasteiger partial charge in [-0.25, -0.2) is 14.0 Å². The molecule has 4 aliphatic rings. The highest BCUT2D eigenvalue weighted by Gasteiger charge is 2.78. The number of benzene rings is 3. The quantitative estimate of drug-likeness (QED) is 0.0629. The van der Waals surface area contributed by atoms with Gasteiger partial charge in [0.15, 0.2) is 11.4 Å². The molecular formula is C52H60FNO14S. The van der Waals surface area contributed by atoms with Crippen molar-refractivity contribution in [3.63, 3.8) is 0 Å². The Morgan fingerprint density at radius 2 is 1.57 bits per heavy atom. The molecule has 17 heteroatoms. The van der Waals surface area contributed by atoms with Crippen LogP contribution in [0.2, 0.25) is 0 Å². The van der Waals surface area contributed by atoms with Crippen LogP contribution in [0.15, 0.2) is 96.1 Å². The van der Waals surface area contributed by atoms with E-state index in [4.69, 9.17) is 33.2 Å². The molecule has 3 fully saturated rings. The van der Waals surface area contributed by atoms with Crippen LogP contribution < -0.4 is 5.32 Å². The fraction of sp³-hybridized carbons (Fsp3) is 0.500. The summed E-state index contributed by atoms with van der Waals surface area (Å²) < 4.78 is 58.3. The van der Waals surface area contributed by atoms with Crippen LogP contribution in [0.1, 0.15) is 100 Å². The molecule has 11 atom stereocenters. The van der Waals surface area contributed by atoms with E-state index in [1.165, 1.54) is 26.0 Å². The fourth-order valence-electron chi connectivity index (χ4n) is 11.0. The number of thiol groups is 1. The summed E-state index contributed by atoms with van der Waals surface area (Å²) in [5.74, 6) is -6.60. The molecule has 3 aromatic carbocycles. The SMILES string of the molecule is CCO[C@H]1C(=O)[C@@]2(C)C([C@H](OC(=O)c3ccc(F)cc3)[C@]3(O)C[C@H](OC(=O)[C@H](OC(=O)CC)[C@@H](NC(=O)c4ccccc4)c4ccccc4)C(C)=C1C3(C)C)[C@]1(OC(C)=O)CO[C@@H]1C[C@@H]2OCCS. The smallest absolute Gasteiger partial charge is 0.350 e. The van der Waals surface area contributed by atoms with Gasteiger partial charge in [0.1, 0.15) is 41.9 Å². The molecule has 2 bridgehead atoms. The second-order valence-electron chi connectivity index (χ2n) is 18.7. The van der Waals surface area contributed by atoms with Crippen LogP contribution in [0, 0.1) is 22.6 Å². The van der Waals surface area contributed by atoms with Gasteiger partial charge in [0, 0.05) is 49.5 Å². The van der Waals surface area contributed by atoms with Crippen molar-refractivity contribution in [2.75, 3.05) is 25.6 Å². The maximum absolute atomic E-state index is 16.0. The zero-order valence-corrected chi connectivity index (χ0v) is 40.6. The highest BCUT2D eigenvalue weighted by molar-refractivity contribution is 7.80. The Kier molecular flexibility index (Phi) is 15.3. The minimum Gasteiger partial charge on any atom is -0.455 e. The van der Waals surface area contributed by atoms with Gasteiger partial charge in [-0.05, 0) is 73.9 Å². The van der Waals surface area contributed by atoms with Crippen molar-refractivity contribution < 1.29 is 71.4 Å². The Morgan fingerprint density at radius 1 is 0.913 bits per heavy atom. The van der Waals surface area contributed by atoms with Crippen LogP contribution in [0.5, 0.6) is 0 Å². The molecule has 1 saturated heterocycles. The minimum absolute atomic E-state index is 0.00617. The number of amides is 1. The number of Topliss-reactive ketones (excluding diaryl/α,β-unsaturated/α-hetero) is 1. The van der Waals surface area contributed by atoms with Crippen molar-refractivity contribution in [1.29, 1.82) is 0 Å². The molecule has 1 heterocycles. The summed E-state index contributed by atoms with van der Waals surface area (Å²) in [4.78, 5) is 86.0. The second-order valence-corrected chi connectivity index (χ2v) is 19.2. The molecule has 0 aromatic heterocycles. The van der Waals surface area contributed by atoms with E-state index in [0.717, 1.165) is 12.1 Å². The molecule has 15 nitrogen and oxygen atoms in total. The lowest BCUT2D eigenvalue weighted by Crippen LogP contribution is -2.82. The van der Waals surface area contributed by atoms with Gasteiger partial charge >= 0.3 is 23.9 Å². The first kappa shape index (κ1) is 51.4. The van der Waals surface area contributed by atoms with Gasteiger partial charge in [0.05, 0.1) is 36.2 Å². The van der Waals surface area contributed by atoms with Gasteiger partial charge in [-0.1, -0.05) is 69.3 Å². The van der Waals surface area contributed by atoms with Crippen LogP contribution in [-0.4, -0.2) is 114 Å². The first-order valence-electron chi connectivity index (χ1n) is 23.2. The third-order valence-corrected chi connectivity index (χ3v) is 14.7. The van der Waals surface area contributed by atoms with Crippen LogP contribution in [0.25, 0.3) is 0 Å². The summed E-state index contributed by atoms with van der Waals surface area (Å²) >= 11 is 4.38. The Labute approximate surface area is 406 Å². The molecule has 0 radical (unpaired) electrons. The maximum atomic E-state index is 16.0. The molecular weight excluding hydrogens is 914 g/mol. The summed E-state index contributed by atoms with van der Waals surface area (Å²) in [5.41, 5.74) is -6.32. The van der Waals surface area contributed by atoms with Crippen LogP contribution >= 0.6 is 12.6 Å². The highest BCUT2D eigenvalue weighted by atomic mass is 32.1. The third-order valence-electron chi connectivity index (χ3n) is 14.5. The highest BCUT2D eigenvalue weighted by Crippen LogP contribution is 2.65. The number of ketones is 1. The molecule has 3 aliphatic carbocycles. The van der Waals surface area contributed by atoms with E-state index >= 15 is 9.59 Å². The summed E-state index contributed by atoms with van der Waals surface area (Å²) in [6, 6.07) is 19.9. The number of esters is 4. The van der Waals surface area contributed by atoms with E-state index < -0.39 is 118 Å². The first-order chi connectivity index (χ1) is 32.8. The van der Waals surface area contributed by atoms with E-state index in [2.05, 4.69) is 17.9 Å². The molecule has 1 aliphatic heterocycles. The number of aliphatic hydroxyl groups is 1. The number of halogens is 1. The van der Waals surface area contributed by atoms with Crippen molar-refractivity contribution >= 4 is 48.2 Å². The Hall–Kier alpha value is -5.46. The number of nitrogens with one attached hydrogen (secondary N) is 1. The molecule has 3 aromatic rings. The lowest BCUT2D eigenvalue weighted by Gasteiger charge is -2.68. The molecule has 1 unspecified atom stereocenters. The molecule has 7 rings (SSSR count). The minimum atomic E-state index is -2.35. The number of hydrogen-bond acceptors (Lipinski definition) is 15. The van der Waals surface area contributed by atoms with E-state index in [0.29, 0.717) is 11.1 Å². The summed E-state index contributed by atoms with van der Waals surface area (Å²) in [6.07, 6.45) is -9.01. The second kappa shape index (κ2) is 20.5. The first-order valence-corrected chi connectivity index (χ1v) is 23.8. The summed E-state index contributed by atoms with van der Waals surface area (Å²) in [6.45, 7) is 10.8. The zero-order chi connectivity index (χ0) is 50.1. The topological polar surface area (TPSA) is 199 Å². The van der Waals surface area contributed by atoms with Gasteiger partial charge in [-0.3, -0.25) is 19.2 Å². The summed E-state index contributed by atoms with van der Waals surface area (Å²) in [5, 5.41) is 16.9. The number of carbonyl (C=O) groups is 6. The van der Waals surface area contributed by atoms with Crippen molar-refractivity contribution in [3.05, 3.63) is 119 Å². The fourth-order valence-corrected chi connectivity index (χ4v) is 11.1. The van der Waals surface area contributed by atoms with Gasteiger partial charge in [-0.2, -0.15) is 12.6 Å².